The Morgan fingerprint density at radius 1 is 1.15 bits per heavy atom. The second-order valence-electron chi connectivity index (χ2n) is 10.2. The fourth-order valence-corrected chi connectivity index (χ4v) is 4.76. The van der Waals surface area contributed by atoms with Crippen molar-refractivity contribution >= 4 is 23.7 Å². The van der Waals surface area contributed by atoms with E-state index in [-0.39, 0.29) is 41.2 Å². The third-order valence-electron chi connectivity index (χ3n) is 6.90. The van der Waals surface area contributed by atoms with Gasteiger partial charge in [0.2, 0.25) is 5.91 Å². The molecule has 0 bridgehead atoms. The number of rotatable bonds is 7. The summed E-state index contributed by atoms with van der Waals surface area (Å²) < 4.78 is 10.9. The number of methoxy groups -OCH3 is 1. The van der Waals surface area contributed by atoms with E-state index in [2.05, 4.69) is 5.32 Å². The molecule has 0 radical (unpaired) electrons. The monoisotopic (exact) mass is 553 g/mol. The summed E-state index contributed by atoms with van der Waals surface area (Å²) in [6.45, 7) is 3.32. The molecule has 9 heteroatoms. The van der Waals surface area contributed by atoms with Crippen LogP contribution in [0, 0.1) is 0 Å². The van der Waals surface area contributed by atoms with Crippen LogP contribution in [0.2, 0.25) is 0 Å². The smallest absolute Gasteiger partial charge is 0.342 e. The Morgan fingerprint density at radius 3 is 2.52 bits per heavy atom. The number of hydrogen-bond donors (Lipinski definition) is 4. The van der Waals surface area contributed by atoms with Gasteiger partial charge in [0.25, 0.3) is 0 Å². The van der Waals surface area contributed by atoms with Gasteiger partial charge in [0.15, 0.2) is 0 Å². The van der Waals surface area contributed by atoms with Crippen molar-refractivity contribution in [3.8, 4) is 17.2 Å². The summed E-state index contributed by atoms with van der Waals surface area (Å²) >= 11 is 0. The molecule has 1 heterocycles. The molecule has 3 unspecified atom stereocenters. The highest BCUT2D eigenvalue weighted by Crippen LogP contribution is 2.44. The summed E-state index contributed by atoms with van der Waals surface area (Å²) in [6.07, 6.45) is 5.19. The molecule has 216 valence electrons. The molecule has 0 aliphatic carbocycles. The lowest BCUT2D eigenvalue weighted by atomic mass is 9.84. The summed E-state index contributed by atoms with van der Waals surface area (Å²) in [6, 6.07) is 8.23. The molecule has 2 aromatic rings. The van der Waals surface area contributed by atoms with E-state index in [1.54, 1.807) is 50.3 Å². The lowest BCUT2D eigenvalue weighted by Crippen LogP contribution is -2.31. The van der Waals surface area contributed by atoms with Gasteiger partial charge < -0.3 is 30.1 Å². The number of phenolic OH excluding ortho intramolecular Hbond substituents is 2. The van der Waals surface area contributed by atoms with Crippen molar-refractivity contribution in [1.82, 2.24) is 5.32 Å². The topological polar surface area (TPSA) is 142 Å². The molecule has 9 nitrogen and oxygen atoms in total. The van der Waals surface area contributed by atoms with Crippen LogP contribution in [-0.4, -0.2) is 58.8 Å². The van der Waals surface area contributed by atoms with Gasteiger partial charge in [0, 0.05) is 37.3 Å². The maximum atomic E-state index is 13.4. The summed E-state index contributed by atoms with van der Waals surface area (Å²) in [5, 5.41) is 34.9. The number of cyclic esters (lactones) is 1. The maximum absolute atomic E-state index is 13.4. The Labute approximate surface area is 234 Å². The van der Waals surface area contributed by atoms with Crippen LogP contribution in [-0.2, 0) is 14.3 Å². The van der Waals surface area contributed by atoms with E-state index < -0.39 is 35.8 Å². The Hall–Kier alpha value is -3.85. The highest BCUT2D eigenvalue weighted by atomic mass is 16.5. The summed E-state index contributed by atoms with van der Waals surface area (Å²) in [4.78, 5) is 38.3. The maximum Gasteiger partial charge on any atom is 0.342 e. The number of aliphatic hydroxyl groups is 1. The van der Waals surface area contributed by atoms with E-state index in [4.69, 9.17) is 9.47 Å². The highest BCUT2D eigenvalue weighted by Gasteiger charge is 2.31. The summed E-state index contributed by atoms with van der Waals surface area (Å²) in [7, 11) is 1.53. The van der Waals surface area contributed by atoms with Crippen LogP contribution in [0.1, 0.15) is 91.8 Å². The van der Waals surface area contributed by atoms with Crippen molar-refractivity contribution in [3.05, 3.63) is 58.7 Å². The van der Waals surface area contributed by atoms with Crippen molar-refractivity contribution in [2.24, 2.45) is 0 Å². The number of nitrogens with one attached hydrogen (secondary N) is 1. The van der Waals surface area contributed by atoms with Gasteiger partial charge in [-0.05, 0) is 68.9 Å². The molecule has 0 fully saturated rings. The number of fused-ring (bicyclic) bond motifs is 1. The molecule has 40 heavy (non-hydrogen) atoms. The van der Waals surface area contributed by atoms with Gasteiger partial charge in [-0.25, -0.2) is 4.79 Å². The van der Waals surface area contributed by atoms with Gasteiger partial charge in [-0.1, -0.05) is 24.3 Å². The SMILES string of the molecule is COc1ccc(C(CC(=O)NCC(C)O)c2c(O)cc3c(c2O)C(=O)OC(C)CCCC(=O)CCCC=C3)cc1. The van der Waals surface area contributed by atoms with E-state index in [0.717, 1.165) is 0 Å². The normalized spacial score (nSPS) is 18.1. The molecule has 2 aromatic carbocycles. The number of carbonyl (C=O) groups is 3. The molecule has 1 aliphatic heterocycles. The van der Waals surface area contributed by atoms with Crippen LogP contribution < -0.4 is 10.1 Å². The fraction of sp³-hybridized carbons (Fsp3) is 0.452. The van der Waals surface area contributed by atoms with E-state index in [1.807, 2.05) is 0 Å². The van der Waals surface area contributed by atoms with E-state index in [9.17, 15) is 29.7 Å². The van der Waals surface area contributed by atoms with E-state index in [0.29, 0.717) is 49.8 Å². The molecular formula is C31H39NO8. The van der Waals surface area contributed by atoms with Gasteiger partial charge in [0.05, 0.1) is 19.3 Å². The Morgan fingerprint density at radius 2 is 1.85 bits per heavy atom. The largest absolute Gasteiger partial charge is 0.507 e. The number of ether oxygens (including phenoxy) is 2. The molecule has 0 saturated carbocycles. The first-order chi connectivity index (χ1) is 19.1. The number of esters is 1. The molecule has 1 amide bonds. The Balaban J connectivity index is 2.11. The lowest BCUT2D eigenvalue weighted by molar-refractivity contribution is -0.122. The first kappa shape index (κ1) is 30.7. The molecule has 1 aliphatic rings. The Bertz CT molecular complexity index is 1220. The van der Waals surface area contributed by atoms with Crippen LogP contribution in [0.25, 0.3) is 6.08 Å². The Kier molecular flexibility index (Phi) is 11.1. The minimum atomic E-state index is -0.835. The zero-order valence-corrected chi connectivity index (χ0v) is 23.3. The average Bonchev–Trinajstić information content (AvgIpc) is 2.90. The van der Waals surface area contributed by atoms with E-state index in [1.165, 1.54) is 13.2 Å². The van der Waals surface area contributed by atoms with Crippen LogP contribution in [0.5, 0.6) is 17.2 Å². The molecule has 0 saturated heterocycles. The van der Waals surface area contributed by atoms with Gasteiger partial charge in [-0.3, -0.25) is 9.59 Å². The van der Waals surface area contributed by atoms with Gasteiger partial charge in [-0.2, -0.15) is 0 Å². The first-order valence-electron chi connectivity index (χ1n) is 13.7. The number of Topliss-reactive ketones (excluding diaryl/α,β-unsaturated/α-hetero) is 1. The summed E-state index contributed by atoms with van der Waals surface area (Å²) in [5.41, 5.74) is 0.778. The summed E-state index contributed by atoms with van der Waals surface area (Å²) in [5.74, 6) is -2.01. The number of amides is 1. The van der Waals surface area contributed by atoms with Crippen molar-refractivity contribution in [3.63, 3.8) is 0 Å². The highest BCUT2D eigenvalue weighted by molar-refractivity contribution is 5.98. The predicted octanol–water partition coefficient (Wildman–Crippen LogP) is 4.61. The van der Waals surface area contributed by atoms with Crippen molar-refractivity contribution < 1.29 is 39.2 Å². The number of carbonyl (C=O) groups excluding carboxylic acids is 3. The zero-order chi connectivity index (χ0) is 29.2. The molecular weight excluding hydrogens is 514 g/mol. The standard InChI is InChI=1S/C31H39NO8/c1-19(33)18-32-27(36)17-25(21-12-14-24(39-3)15-13-21)29-26(35)16-22-9-5-4-6-10-23(34)11-7-8-20(2)40-31(38)28(22)30(29)37/h5,9,12-16,19-20,25,33,35,37H,4,6-8,10-11,17-18H2,1-3H3,(H,32,36). The van der Waals surface area contributed by atoms with Crippen LogP contribution in [0.3, 0.4) is 0 Å². The number of allylic oxidation sites excluding steroid dienone is 1. The molecule has 4 N–H and O–H groups in total. The first-order valence-corrected chi connectivity index (χ1v) is 13.7. The predicted molar refractivity (Wildman–Crippen MR) is 151 cm³/mol. The third kappa shape index (κ3) is 8.32. The third-order valence-corrected chi connectivity index (χ3v) is 6.90. The van der Waals surface area contributed by atoms with Crippen molar-refractivity contribution in [2.45, 2.75) is 76.9 Å². The second kappa shape index (κ2) is 14.5. The lowest BCUT2D eigenvalue weighted by Gasteiger charge is -2.23. The molecule has 0 spiro atoms. The number of aromatic hydroxyl groups is 2. The fourth-order valence-electron chi connectivity index (χ4n) is 4.76. The number of aliphatic hydroxyl groups excluding tert-OH is 1. The van der Waals surface area contributed by atoms with Crippen LogP contribution in [0.4, 0.5) is 0 Å². The van der Waals surface area contributed by atoms with Gasteiger partial charge in [0.1, 0.15) is 28.6 Å². The molecule has 3 rings (SSSR count). The van der Waals surface area contributed by atoms with Crippen LogP contribution >= 0.6 is 0 Å². The quantitative estimate of drug-likeness (QED) is 0.364. The van der Waals surface area contributed by atoms with E-state index >= 15 is 0 Å². The molecule has 0 aromatic heterocycles. The van der Waals surface area contributed by atoms with Crippen LogP contribution in [0.15, 0.2) is 36.4 Å². The number of benzene rings is 2. The zero-order valence-electron chi connectivity index (χ0n) is 23.3. The minimum Gasteiger partial charge on any atom is -0.507 e. The number of hydrogen-bond acceptors (Lipinski definition) is 8. The van der Waals surface area contributed by atoms with Gasteiger partial charge >= 0.3 is 5.97 Å². The van der Waals surface area contributed by atoms with Gasteiger partial charge in [-0.15, -0.1) is 0 Å². The molecule has 3 atom stereocenters. The second-order valence-corrected chi connectivity index (χ2v) is 10.2. The van der Waals surface area contributed by atoms with Crippen molar-refractivity contribution in [1.29, 1.82) is 0 Å². The minimum absolute atomic E-state index is 0.0147. The number of ketones is 1. The number of phenols is 2. The van der Waals surface area contributed by atoms with Crippen molar-refractivity contribution in [2.75, 3.05) is 13.7 Å². The average molecular weight is 554 g/mol.